The van der Waals surface area contributed by atoms with E-state index in [4.69, 9.17) is 24.9 Å². The number of hydrogen-bond donors (Lipinski definition) is 5. The molecule has 0 rings (SSSR count). The predicted molar refractivity (Wildman–Crippen MR) is 32.7 cm³/mol. The Morgan fingerprint density at radius 1 is 1.22 bits per heavy atom. The van der Waals surface area contributed by atoms with Gasteiger partial charge in [0.15, 0.2) is 0 Å². The molecule has 0 aliphatic carbocycles. The monoisotopic (exact) mass is 158 g/mol. The van der Waals surface area contributed by atoms with Crippen molar-refractivity contribution in [1.29, 1.82) is 0 Å². The first kappa shape index (κ1) is 9.23. The zero-order chi connectivity index (χ0) is 7.49. The molecule has 5 N–H and O–H groups in total. The molecule has 0 radical (unpaired) electrons. The van der Waals surface area contributed by atoms with E-state index in [9.17, 15) is 0 Å². The Labute approximate surface area is 52.8 Å². The van der Waals surface area contributed by atoms with Crippen LogP contribution < -0.4 is 0 Å². The molecule has 0 aliphatic heterocycles. The molecule has 0 fully saturated rings. The maximum absolute atomic E-state index is 8.54. The van der Waals surface area contributed by atoms with Gasteiger partial charge in [-0.25, -0.2) is 0 Å². The molecule has 0 aromatic rings. The van der Waals surface area contributed by atoms with E-state index in [-0.39, 0.29) is 13.0 Å². The van der Waals surface area contributed by atoms with Gasteiger partial charge in [-0.15, -0.1) is 0 Å². The maximum atomic E-state index is 8.54. The van der Waals surface area contributed by atoms with Crippen molar-refractivity contribution in [3.05, 3.63) is 0 Å². The fraction of sp³-hybridized carbons (Fsp3) is 1.00. The summed E-state index contributed by atoms with van der Waals surface area (Å²) in [6.45, 7) is -0.377. The minimum absolute atomic E-state index is 0.213. The molecule has 0 spiro atoms. The van der Waals surface area contributed by atoms with Gasteiger partial charge in [0.2, 0.25) is 0 Å². The number of aliphatic hydroxyl groups excluding tert-OH is 2. The summed E-state index contributed by atoms with van der Waals surface area (Å²) in [6.07, 6.45) is -0.213. The van der Waals surface area contributed by atoms with Gasteiger partial charge < -0.3 is 0 Å². The normalized spacial score (nSPS) is 17.4. The first-order valence-corrected chi connectivity index (χ1v) is 4.36. The molecule has 0 saturated carbocycles. The van der Waals surface area contributed by atoms with Crippen molar-refractivity contribution in [2.45, 2.75) is 12.3 Å². The molecule has 1 atom stereocenters. The SMILES string of the molecule is OCCC(O)[PH](O)(O)O. The summed E-state index contributed by atoms with van der Waals surface area (Å²) >= 11 is 0. The third kappa shape index (κ3) is 3.75. The van der Waals surface area contributed by atoms with Gasteiger partial charge in [-0.1, -0.05) is 0 Å². The number of hydrogen-bond acceptors (Lipinski definition) is 5. The molecule has 58 valence electrons. The number of aliphatic hydroxyl groups is 2. The van der Waals surface area contributed by atoms with Crippen LogP contribution in [0.4, 0.5) is 0 Å². The van der Waals surface area contributed by atoms with Crippen molar-refractivity contribution >= 4 is 7.94 Å². The van der Waals surface area contributed by atoms with Crippen molar-refractivity contribution in [3.8, 4) is 0 Å². The van der Waals surface area contributed by atoms with Crippen molar-refractivity contribution < 1.29 is 24.9 Å². The van der Waals surface area contributed by atoms with Gasteiger partial charge in [0.05, 0.1) is 0 Å². The summed E-state index contributed by atoms with van der Waals surface area (Å²) < 4.78 is 0. The van der Waals surface area contributed by atoms with E-state index in [1.807, 2.05) is 0 Å². The Morgan fingerprint density at radius 3 is 1.78 bits per heavy atom. The molecule has 0 saturated heterocycles. The van der Waals surface area contributed by atoms with Crippen LogP contribution in [-0.4, -0.2) is 37.3 Å². The average Bonchev–Trinajstić information content (AvgIpc) is 1.64. The summed E-state index contributed by atoms with van der Waals surface area (Å²) in [6, 6.07) is 0. The van der Waals surface area contributed by atoms with Crippen LogP contribution in [0.2, 0.25) is 0 Å². The fourth-order valence-electron chi connectivity index (χ4n) is 0.316. The van der Waals surface area contributed by atoms with Crippen LogP contribution in [0.1, 0.15) is 6.42 Å². The third-order valence-corrected chi connectivity index (χ3v) is 2.03. The van der Waals surface area contributed by atoms with Crippen molar-refractivity contribution in [1.82, 2.24) is 0 Å². The zero-order valence-corrected chi connectivity index (χ0v) is 5.73. The molecular formula is C3H11O5P. The Balaban J connectivity index is 3.59. The van der Waals surface area contributed by atoms with Gasteiger partial charge >= 0.3 is 51.7 Å². The van der Waals surface area contributed by atoms with E-state index in [2.05, 4.69) is 0 Å². The van der Waals surface area contributed by atoms with Gasteiger partial charge in [-0.05, 0) is 0 Å². The van der Waals surface area contributed by atoms with Gasteiger partial charge in [0.1, 0.15) is 0 Å². The van der Waals surface area contributed by atoms with Gasteiger partial charge in [-0.3, -0.25) is 0 Å². The second-order valence-corrected chi connectivity index (χ2v) is 3.76. The quantitative estimate of drug-likeness (QED) is 0.311. The second kappa shape index (κ2) is 3.41. The van der Waals surface area contributed by atoms with Crippen molar-refractivity contribution in [3.63, 3.8) is 0 Å². The summed E-state index contributed by atoms with van der Waals surface area (Å²) in [5, 5.41) is 16.7. The fourth-order valence-corrected chi connectivity index (χ4v) is 0.832. The molecule has 0 aliphatic rings. The number of rotatable bonds is 3. The van der Waals surface area contributed by atoms with Crippen LogP contribution in [0.5, 0.6) is 0 Å². The Hall–Kier alpha value is 0.230. The van der Waals surface area contributed by atoms with Crippen LogP contribution in [-0.2, 0) is 0 Å². The van der Waals surface area contributed by atoms with E-state index in [0.717, 1.165) is 0 Å². The zero-order valence-electron chi connectivity index (χ0n) is 4.73. The van der Waals surface area contributed by atoms with Crippen LogP contribution in [0.3, 0.4) is 0 Å². The van der Waals surface area contributed by atoms with Crippen LogP contribution in [0.15, 0.2) is 0 Å². The molecule has 0 aromatic carbocycles. The summed E-state index contributed by atoms with van der Waals surface area (Å²) in [5.41, 5.74) is 0. The topological polar surface area (TPSA) is 101 Å². The first-order chi connectivity index (χ1) is 3.98. The Kier molecular flexibility index (Phi) is 3.50. The minimum atomic E-state index is -4.39. The first-order valence-electron chi connectivity index (χ1n) is 2.44. The predicted octanol–water partition coefficient (Wildman–Crippen LogP) is -1.84. The van der Waals surface area contributed by atoms with Gasteiger partial charge in [0.25, 0.3) is 0 Å². The Bertz CT molecular complexity index is 78.8. The van der Waals surface area contributed by atoms with E-state index < -0.39 is 13.8 Å². The van der Waals surface area contributed by atoms with Gasteiger partial charge in [0, 0.05) is 0 Å². The molecule has 0 bridgehead atoms. The molecule has 6 heteroatoms. The molecule has 1 unspecified atom stereocenters. The molecule has 5 nitrogen and oxygen atoms in total. The second-order valence-electron chi connectivity index (χ2n) is 1.72. The van der Waals surface area contributed by atoms with E-state index in [1.54, 1.807) is 0 Å². The van der Waals surface area contributed by atoms with Crippen molar-refractivity contribution in [2.24, 2.45) is 0 Å². The molecule has 0 aromatic heterocycles. The average molecular weight is 158 g/mol. The van der Waals surface area contributed by atoms with E-state index >= 15 is 0 Å². The van der Waals surface area contributed by atoms with Crippen molar-refractivity contribution in [2.75, 3.05) is 6.61 Å². The standard InChI is InChI=1S/C3H11O5P/c4-2-1-3(5)9(6,7)8/h3-9H,1-2H2. The third-order valence-electron chi connectivity index (χ3n) is 0.850. The van der Waals surface area contributed by atoms with Crippen LogP contribution in [0.25, 0.3) is 0 Å². The molecule has 0 amide bonds. The van der Waals surface area contributed by atoms with E-state index in [1.165, 1.54) is 0 Å². The van der Waals surface area contributed by atoms with Gasteiger partial charge in [-0.2, -0.15) is 0 Å². The van der Waals surface area contributed by atoms with E-state index in [0.29, 0.717) is 0 Å². The molecular weight excluding hydrogens is 147 g/mol. The summed E-state index contributed by atoms with van der Waals surface area (Å²) in [4.78, 5) is 24.9. The molecule has 0 heterocycles. The van der Waals surface area contributed by atoms with Crippen LogP contribution >= 0.6 is 7.94 Å². The summed E-state index contributed by atoms with van der Waals surface area (Å²) in [7, 11) is -4.39. The van der Waals surface area contributed by atoms with Crippen LogP contribution in [0, 0.1) is 0 Å². The Morgan fingerprint density at radius 2 is 1.67 bits per heavy atom. The summed E-state index contributed by atoms with van der Waals surface area (Å²) in [5.74, 6) is -1.58. The molecule has 9 heavy (non-hydrogen) atoms.